The monoisotopic (exact) mass is 196 g/mol. The number of hydrogen-bond donors (Lipinski definition) is 2. The second kappa shape index (κ2) is 3.91. The minimum Gasteiger partial charge on any atom is -0.496 e. The fourth-order valence-electron chi connectivity index (χ4n) is 1.40. The molecule has 0 radical (unpaired) electrons. The molecule has 0 aromatic carbocycles. The first-order valence-electron chi connectivity index (χ1n) is 4.24. The molecule has 1 aliphatic heterocycles. The topological polar surface area (TPSA) is 47.3 Å². The van der Waals surface area contributed by atoms with Crippen LogP contribution in [0.5, 0.6) is 0 Å². The first kappa shape index (κ1) is 8.74. The molecule has 1 aromatic heterocycles. The number of thiophene rings is 1. The molecule has 0 amide bonds. The van der Waals surface area contributed by atoms with Crippen LogP contribution in [-0.2, 0) is 4.74 Å². The molecule has 2 rings (SSSR count). The van der Waals surface area contributed by atoms with Gasteiger partial charge in [0.25, 0.3) is 0 Å². The van der Waals surface area contributed by atoms with Crippen molar-refractivity contribution < 1.29 is 4.74 Å². The SMILES string of the molecule is NNC(C1=CCCO1)c1cccs1. The number of ether oxygens (including phenoxy) is 1. The summed E-state index contributed by atoms with van der Waals surface area (Å²) in [5.41, 5.74) is 2.76. The predicted molar refractivity (Wildman–Crippen MR) is 53.0 cm³/mol. The van der Waals surface area contributed by atoms with Crippen LogP contribution in [0, 0.1) is 0 Å². The van der Waals surface area contributed by atoms with Gasteiger partial charge in [0.2, 0.25) is 0 Å². The largest absolute Gasteiger partial charge is 0.496 e. The van der Waals surface area contributed by atoms with Gasteiger partial charge in [0.15, 0.2) is 0 Å². The summed E-state index contributed by atoms with van der Waals surface area (Å²) in [6.45, 7) is 0.777. The van der Waals surface area contributed by atoms with Crippen LogP contribution in [0.3, 0.4) is 0 Å². The molecule has 1 atom stereocenters. The molecule has 0 bridgehead atoms. The molecule has 0 fully saturated rings. The average molecular weight is 196 g/mol. The van der Waals surface area contributed by atoms with Gasteiger partial charge in [0.05, 0.1) is 6.61 Å². The van der Waals surface area contributed by atoms with Crippen molar-refractivity contribution in [2.24, 2.45) is 5.84 Å². The molecule has 1 aliphatic rings. The van der Waals surface area contributed by atoms with Gasteiger partial charge in [0.1, 0.15) is 11.8 Å². The maximum Gasteiger partial charge on any atom is 0.116 e. The normalized spacial score (nSPS) is 18.1. The summed E-state index contributed by atoms with van der Waals surface area (Å²) in [5, 5.41) is 2.04. The van der Waals surface area contributed by atoms with Gasteiger partial charge in [-0.05, 0) is 17.5 Å². The van der Waals surface area contributed by atoms with Crippen LogP contribution in [0.4, 0.5) is 0 Å². The fourth-order valence-corrected chi connectivity index (χ4v) is 2.19. The minimum atomic E-state index is 0.0301. The molecule has 70 valence electrons. The summed E-state index contributed by atoms with van der Waals surface area (Å²) in [4.78, 5) is 1.19. The Labute approximate surface area is 81.2 Å². The highest BCUT2D eigenvalue weighted by Gasteiger charge is 2.19. The van der Waals surface area contributed by atoms with E-state index in [1.54, 1.807) is 11.3 Å². The Bertz CT molecular complexity index is 295. The third kappa shape index (κ3) is 1.75. The summed E-state index contributed by atoms with van der Waals surface area (Å²) in [6.07, 6.45) is 3.07. The fraction of sp³-hybridized carbons (Fsp3) is 0.333. The van der Waals surface area contributed by atoms with E-state index in [9.17, 15) is 0 Å². The number of hydrogen-bond acceptors (Lipinski definition) is 4. The maximum atomic E-state index is 5.48. The number of nitrogens with two attached hydrogens (primary N) is 1. The summed E-state index contributed by atoms with van der Waals surface area (Å²) >= 11 is 1.68. The number of hydrazine groups is 1. The van der Waals surface area contributed by atoms with E-state index in [4.69, 9.17) is 10.6 Å². The van der Waals surface area contributed by atoms with Crippen LogP contribution in [0.15, 0.2) is 29.3 Å². The minimum absolute atomic E-state index is 0.0301. The Morgan fingerprint density at radius 2 is 2.54 bits per heavy atom. The van der Waals surface area contributed by atoms with E-state index in [-0.39, 0.29) is 6.04 Å². The standard InChI is InChI=1S/C9H12N2OS/c10-11-9(7-3-1-5-12-7)8-4-2-6-13-8/h2-4,6,9,11H,1,5,10H2. The molecule has 13 heavy (non-hydrogen) atoms. The third-order valence-corrected chi connectivity index (χ3v) is 2.95. The van der Waals surface area contributed by atoms with E-state index in [1.165, 1.54) is 4.88 Å². The van der Waals surface area contributed by atoms with Crippen molar-refractivity contribution >= 4 is 11.3 Å². The third-order valence-electron chi connectivity index (χ3n) is 2.01. The quantitative estimate of drug-likeness (QED) is 0.569. The molecule has 0 spiro atoms. The van der Waals surface area contributed by atoms with Crippen molar-refractivity contribution in [3.05, 3.63) is 34.2 Å². The van der Waals surface area contributed by atoms with Gasteiger partial charge in [0, 0.05) is 11.3 Å². The molecule has 1 aromatic rings. The van der Waals surface area contributed by atoms with Gasteiger partial charge in [-0.2, -0.15) is 0 Å². The van der Waals surface area contributed by atoms with E-state index in [2.05, 4.69) is 17.6 Å². The second-order valence-electron chi connectivity index (χ2n) is 2.86. The Morgan fingerprint density at radius 3 is 3.08 bits per heavy atom. The summed E-state index contributed by atoms with van der Waals surface area (Å²) in [6, 6.07) is 4.10. The van der Waals surface area contributed by atoms with Gasteiger partial charge < -0.3 is 4.74 Å². The first-order valence-corrected chi connectivity index (χ1v) is 5.12. The van der Waals surface area contributed by atoms with Crippen LogP contribution in [0.25, 0.3) is 0 Å². The number of rotatable bonds is 3. The van der Waals surface area contributed by atoms with Crippen LogP contribution < -0.4 is 11.3 Å². The predicted octanol–water partition coefficient (Wildman–Crippen LogP) is 1.56. The highest BCUT2D eigenvalue weighted by molar-refractivity contribution is 7.10. The van der Waals surface area contributed by atoms with E-state index < -0.39 is 0 Å². The maximum absolute atomic E-state index is 5.48. The van der Waals surface area contributed by atoms with Gasteiger partial charge >= 0.3 is 0 Å². The van der Waals surface area contributed by atoms with Crippen LogP contribution in [-0.4, -0.2) is 6.61 Å². The van der Waals surface area contributed by atoms with E-state index in [0.717, 1.165) is 18.8 Å². The van der Waals surface area contributed by atoms with E-state index in [0.29, 0.717) is 0 Å². The first-order chi connectivity index (χ1) is 6.42. The van der Waals surface area contributed by atoms with Crippen molar-refractivity contribution in [1.29, 1.82) is 0 Å². The molecule has 0 aliphatic carbocycles. The zero-order valence-corrected chi connectivity index (χ0v) is 8.01. The molecular weight excluding hydrogens is 184 g/mol. The van der Waals surface area contributed by atoms with Gasteiger partial charge in [-0.25, -0.2) is 5.43 Å². The van der Waals surface area contributed by atoms with E-state index in [1.807, 2.05) is 11.4 Å². The average Bonchev–Trinajstić information content (AvgIpc) is 2.76. The molecule has 2 heterocycles. The Balaban J connectivity index is 2.18. The smallest absolute Gasteiger partial charge is 0.116 e. The lowest BCUT2D eigenvalue weighted by Crippen LogP contribution is -2.29. The highest BCUT2D eigenvalue weighted by atomic mass is 32.1. The molecule has 4 heteroatoms. The van der Waals surface area contributed by atoms with Crippen LogP contribution in [0.2, 0.25) is 0 Å². The van der Waals surface area contributed by atoms with Gasteiger partial charge in [-0.3, -0.25) is 5.84 Å². The summed E-state index contributed by atoms with van der Waals surface area (Å²) in [5.74, 6) is 6.43. The van der Waals surface area contributed by atoms with Gasteiger partial charge in [-0.15, -0.1) is 11.3 Å². The molecule has 3 nitrogen and oxygen atoms in total. The van der Waals surface area contributed by atoms with Crippen molar-refractivity contribution in [3.63, 3.8) is 0 Å². The van der Waals surface area contributed by atoms with Crippen molar-refractivity contribution in [1.82, 2.24) is 5.43 Å². The lowest BCUT2D eigenvalue weighted by molar-refractivity contribution is 0.216. The summed E-state index contributed by atoms with van der Waals surface area (Å²) < 4.78 is 5.46. The lowest BCUT2D eigenvalue weighted by atomic mass is 10.2. The van der Waals surface area contributed by atoms with Crippen molar-refractivity contribution in [3.8, 4) is 0 Å². The molecule has 0 saturated carbocycles. The summed E-state index contributed by atoms with van der Waals surface area (Å²) in [7, 11) is 0. The Morgan fingerprint density at radius 1 is 1.62 bits per heavy atom. The van der Waals surface area contributed by atoms with Gasteiger partial charge in [-0.1, -0.05) is 6.07 Å². The number of nitrogens with one attached hydrogen (secondary N) is 1. The van der Waals surface area contributed by atoms with Crippen molar-refractivity contribution in [2.45, 2.75) is 12.5 Å². The van der Waals surface area contributed by atoms with Crippen molar-refractivity contribution in [2.75, 3.05) is 6.61 Å². The highest BCUT2D eigenvalue weighted by Crippen LogP contribution is 2.28. The second-order valence-corrected chi connectivity index (χ2v) is 3.84. The molecule has 3 N–H and O–H groups in total. The Hall–Kier alpha value is -0.840. The Kier molecular flexibility index (Phi) is 2.63. The lowest BCUT2D eigenvalue weighted by Gasteiger charge is -2.15. The molecular formula is C9H12N2OS. The van der Waals surface area contributed by atoms with Crippen LogP contribution in [0.1, 0.15) is 17.3 Å². The van der Waals surface area contributed by atoms with E-state index >= 15 is 0 Å². The molecule has 1 unspecified atom stereocenters. The zero-order valence-electron chi connectivity index (χ0n) is 7.19. The van der Waals surface area contributed by atoms with Crippen LogP contribution >= 0.6 is 11.3 Å². The molecule has 0 saturated heterocycles. The zero-order chi connectivity index (χ0) is 9.10.